The molecule has 0 aliphatic heterocycles. The smallest absolute Gasteiger partial charge is 0.314 e. The second-order valence-electron chi connectivity index (χ2n) is 8.74. The van der Waals surface area contributed by atoms with E-state index in [4.69, 9.17) is 4.74 Å². The second kappa shape index (κ2) is 5.72. The van der Waals surface area contributed by atoms with E-state index in [-0.39, 0.29) is 22.7 Å². The molecule has 0 N–H and O–H groups in total. The van der Waals surface area contributed by atoms with Crippen molar-refractivity contribution in [2.75, 3.05) is 0 Å². The first kappa shape index (κ1) is 17.1. The Balaban J connectivity index is 2.53. The molecule has 0 spiro atoms. The lowest BCUT2D eigenvalue weighted by Gasteiger charge is -2.31. The van der Waals surface area contributed by atoms with Gasteiger partial charge in [0.1, 0.15) is 5.75 Å². The highest BCUT2D eigenvalue weighted by Gasteiger charge is 2.32. The summed E-state index contributed by atoms with van der Waals surface area (Å²) in [5.74, 6) is 0.843. The molecule has 0 atom stereocenters. The highest BCUT2D eigenvalue weighted by molar-refractivity contribution is 5.77. The second-order valence-corrected chi connectivity index (χ2v) is 8.74. The summed E-state index contributed by atoms with van der Waals surface area (Å²) < 4.78 is 5.95. The van der Waals surface area contributed by atoms with Crippen molar-refractivity contribution in [3.8, 4) is 5.75 Å². The average molecular weight is 302 g/mol. The number of aryl methyl sites for hydroxylation is 1. The molecule has 1 aromatic rings. The topological polar surface area (TPSA) is 26.3 Å². The van der Waals surface area contributed by atoms with Crippen molar-refractivity contribution in [1.29, 1.82) is 0 Å². The molecule has 2 nitrogen and oxygen atoms in total. The van der Waals surface area contributed by atoms with Crippen LogP contribution in [0, 0.1) is 12.8 Å². The lowest BCUT2D eigenvalue weighted by Crippen LogP contribution is -2.29. The highest BCUT2D eigenvalue weighted by Crippen LogP contribution is 2.41. The van der Waals surface area contributed by atoms with Crippen LogP contribution in [-0.4, -0.2) is 5.97 Å². The van der Waals surface area contributed by atoms with E-state index in [1.165, 1.54) is 5.56 Å². The summed E-state index contributed by atoms with van der Waals surface area (Å²) in [6, 6.07) is 4.33. The lowest BCUT2D eigenvalue weighted by atomic mass is 9.78. The molecule has 0 bridgehead atoms. The van der Waals surface area contributed by atoms with Crippen molar-refractivity contribution in [3.05, 3.63) is 28.8 Å². The maximum absolute atomic E-state index is 12.4. The van der Waals surface area contributed by atoms with Crippen LogP contribution >= 0.6 is 0 Å². The molecule has 122 valence electrons. The van der Waals surface area contributed by atoms with E-state index >= 15 is 0 Å². The predicted octanol–water partition coefficient (Wildman–Crippen LogP) is 5.30. The fraction of sp³-hybridized carbons (Fsp3) is 0.650. The number of esters is 1. The molecular formula is C20H30O2. The van der Waals surface area contributed by atoms with Crippen LogP contribution in [0.15, 0.2) is 12.1 Å². The Morgan fingerprint density at radius 2 is 1.45 bits per heavy atom. The first-order valence-corrected chi connectivity index (χ1v) is 8.37. The van der Waals surface area contributed by atoms with Gasteiger partial charge in [-0.25, -0.2) is 0 Å². The zero-order valence-corrected chi connectivity index (χ0v) is 15.2. The Morgan fingerprint density at radius 3 is 1.77 bits per heavy atom. The van der Waals surface area contributed by atoms with Gasteiger partial charge in [-0.15, -0.1) is 0 Å². The van der Waals surface area contributed by atoms with Crippen LogP contribution < -0.4 is 4.74 Å². The van der Waals surface area contributed by atoms with Gasteiger partial charge in [0, 0.05) is 11.1 Å². The van der Waals surface area contributed by atoms with Crippen LogP contribution in [0.25, 0.3) is 0 Å². The molecule has 0 radical (unpaired) electrons. The maximum Gasteiger partial charge on any atom is 0.314 e. The summed E-state index contributed by atoms with van der Waals surface area (Å²) in [6.07, 6.45) is 3.09. The average Bonchev–Trinajstić information content (AvgIpc) is 2.25. The van der Waals surface area contributed by atoms with Crippen LogP contribution in [0.5, 0.6) is 5.75 Å². The summed E-state index contributed by atoms with van der Waals surface area (Å²) in [6.45, 7) is 15.2. The molecule has 0 aromatic heterocycles. The van der Waals surface area contributed by atoms with Crippen molar-refractivity contribution >= 4 is 5.97 Å². The van der Waals surface area contributed by atoms with Gasteiger partial charge in [0.05, 0.1) is 5.92 Å². The van der Waals surface area contributed by atoms with Crippen molar-refractivity contribution in [2.24, 2.45) is 5.92 Å². The molecular weight excluding hydrogens is 272 g/mol. The van der Waals surface area contributed by atoms with E-state index in [0.717, 1.165) is 36.1 Å². The van der Waals surface area contributed by atoms with Crippen LogP contribution in [0.4, 0.5) is 0 Å². The monoisotopic (exact) mass is 302 g/mol. The van der Waals surface area contributed by atoms with Crippen LogP contribution in [-0.2, 0) is 15.6 Å². The summed E-state index contributed by atoms with van der Waals surface area (Å²) in [4.78, 5) is 12.4. The van der Waals surface area contributed by atoms with Gasteiger partial charge < -0.3 is 4.74 Å². The van der Waals surface area contributed by atoms with Gasteiger partial charge in [0.25, 0.3) is 0 Å². The van der Waals surface area contributed by atoms with Gasteiger partial charge in [0.15, 0.2) is 0 Å². The fourth-order valence-corrected chi connectivity index (χ4v) is 2.83. The molecule has 1 aromatic carbocycles. The molecule has 2 rings (SSSR count). The SMILES string of the molecule is Cc1cc(C(C)(C)C)c(OC(=O)C2CCC2)c(C(C)(C)C)c1. The van der Waals surface area contributed by atoms with E-state index in [1.54, 1.807) is 0 Å². The van der Waals surface area contributed by atoms with Gasteiger partial charge in [0.2, 0.25) is 0 Å². The molecule has 0 heterocycles. The zero-order valence-electron chi connectivity index (χ0n) is 15.2. The summed E-state index contributed by atoms with van der Waals surface area (Å²) in [5.41, 5.74) is 3.37. The van der Waals surface area contributed by atoms with Crippen molar-refractivity contribution in [1.82, 2.24) is 0 Å². The number of benzene rings is 1. The van der Waals surface area contributed by atoms with E-state index in [9.17, 15) is 4.79 Å². The number of rotatable bonds is 2. The lowest BCUT2D eigenvalue weighted by molar-refractivity contribution is -0.141. The highest BCUT2D eigenvalue weighted by atomic mass is 16.5. The van der Waals surface area contributed by atoms with Crippen molar-refractivity contribution in [3.63, 3.8) is 0 Å². The minimum Gasteiger partial charge on any atom is -0.426 e. The Morgan fingerprint density at radius 1 is 1.00 bits per heavy atom. The largest absolute Gasteiger partial charge is 0.426 e. The number of carbonyl (C=O) groups excluding carboxylic acids is 1. The molecule has 1 fully saturated rings. The third-order valence-corrected chi connectivity index (χ3v) is 4.49. The fourth-order valence-electron chi connectivity index (χ4n) is 2.83. The third kappa shape index (κ3) is 3.53. The summed E-state index contributed by atoms with van der Waals surface area (Å²) in [7, 11) is 0. The first-order valence-electron chi connectivity index (χ1n) is 8.37. The molecule has 0 saturated heterocycles. The predicted molar refractivity (Wildman–Crippen MR) is 91.6 cm³/mol. The Kier molecular flexibility index (Phi) is 4.43. The number of hydrogen-bond donors (Lipinski definition) is 0. The number of ether oxygens (including phenoxy) is 1. The van der Waals surface area contributed by atoms with Crippen LogP contribution in [0.3, 0.4) is 0 Å². The molecule has 2 heteroatoms. The minimum absolute atomic E-state index is 0.0499. The van der Waals surface area contributed by atoms with Crippen LogP contribution in [0.2, 0.25) is 0 Å². The van der Waals surface area contributed by atoms with E-state index < -0.39 is 0 Å². The van der Waals surface area contributed by atoms with Crippen molar-refractivity contribution in [2.45, 2.75) is 78.6 Å². The standard InChI is InChI=1S/C20H30O2/c1-13-11-15(19(2,3)4)17(16(12-13)20(5,6)7)22-18(21)14-9-8-10-14/h11-12,14H,8-10H2,1-7H3. The van der Waals surface area contributed by atoms with Gasteiger partial charge >= 0.3 is 5.97 Å². The zero-order chi connectivity index (χ0) is 16.7. The Bertz CT molecular complexity index is 531. The molecule has 1 aliphatic rings. The third-order valence-electron chi connectivity index (χ3n) is 4.49. The van der Waals surface area contributed by atoms with Gasteiger partial charge in [-0.2, -0.15) is 0 Å². The maximum atomic E-state index is 12.4. The summed E-state index contributed by atoms with van der Waals surface area (Å²) >= 11 is 0. The van der Waals surface area contributed by atoms with Gasteiger partial charge in [-0.3, -0.25) is 4.79 Å². The van der Waals surface area contributed by atoms with E-state index in [0.29, 0.717) is 0 Å². The number of carbonyl (C=O) groups is 1. The normalized spacial score (nSPS) is 16.3. The first-order chi connectivity index (χ1) is 10.00. The van der Waals surface area contributed by atoms with Gasteiger partial charge in [-0.05, 0) is 30.6 Å². The minimum atomic E-state index is -0.0543. The molecule has 22 heavy (non-hydrogen) atoms. The van der Waals surface area contributed by atoms with Crippen molar-refractivity contribution < 1.29 is 9.53 Å². The van der Waals surface area contributed by atoms with Gasteiger partial charge in [-0.1, -0.05) is 65.7 Å². The van der Waals surface area contributed by atoms with Crippen LogP contribution in [0.1, 0.15) is 77.5 Å². The Hall–Kier alpha value is -1.31. The van der Waals surface area contributed by atoms with E-state index in [2.05, 4.69) is 60.6 Å². The number of hydrogen-bond acceptors (Lipinski definition) is 2. The summed E-state index contributed by atoms with van der Waals surface area (Å²) in [5, 5.41) is 0. The molecule has 1 saturated carbocycles. The molecule has 0 unspecified atom stereocenters. The molecule has 1 aliphatic carbocycles. The molecule has 0 amide bonds. The quantitative estimate of drug-likeness (QED) is 0.547. The Labute approximate surface area is 135 Å². The van der Waals surface area contributed by atoms with E-state index in [1.807, 2.05) is 0 Å².